The summed E-state index contributed by atoms with van der Waals surface area (Å²) in [4.78, 5) is 11.1. The van der Waals surface area contributed by atoms with Gasteiger partial charge in [-0.3, -0.25) is 4.79 Å². The fourth-order valence-corrected chi connectivity index (χ4v) is 1.41. The zero-order valence-corrected chi connectivity index (χ0v) is 9.38. The Morgan fingerprint density at radius 1 is 1.35 bits per heavy atom. The first-order valence-corrected chi connectivity index (χ1v) is 4.85. The van der Waals surface area contributed by atoms with Gasteiger partial charge in [-0.05, 0) is 6.07 Å². The van der Waals surface area contributed by atoms with Crippen molar-refractivity contribution < 1.29 is 27.4 Å². The predicted molar refractivity (Wildman–Crippen MR) is 53.7 cm³/mol. The van der Waals surface area contributed by atoms with Gasteiger partial charge in [0.05, 0.1) is 7.11 Å². The molecule has 0 saturated carbocycles. The summed E-state index contributed by atoms with van der Waals surface area (Å²) in [5.41, 5.74) is -0.0988. The lowest BCUT2D eigenvalue weighted by atomic mass is 10.1. The van der Waals surface area contributed by atoms with Crippen molar-refractivity contribution in [3.05, 3.63) is 29.8 Å². The van der Waals surface area contributed by atoms with Crippen molar-refractivity contribution in [1.29, 1.82) is 0 Å². The van der Waals surface area contributed by atoms with Gasteiger partial charge in [-0.1, -0.05) is 18.2 Å². The molecule has 0 fully saturated rings. The number of methoxy groups -OCH3 is 1. The summed E-state index contributed by atoms with van der Waals surface area (Å²) < 4.78 is 44.4. The molecule has 0 aliphatic carbocycles. The van der Waals surface area contributed by atoms with Crippen LogP contribution in [-0.4, -0.2) is 19.4 Å². The van der Waals surface area contributed by atoms with Gasteiger partial charge in [0.25, 0.3) is 0 Å². The lowest BCUT2D eigenvalue weighted by molar-refractivity contribution is -0.274. The molecule has 0 amide bonds. The minimum absolute atomic E-state index is 0.0988. The number of hydrogen-bond donors (Lipinski definition) is 0. The van der Waals surface area contributed by atoms with E-state index < -0.39 is 23.5 Å². The van der Waals surface area contributed by atoms with Crippen LogP contribution in [0.2, 0.25) is 0 Å². The summed E-state index contributed by atoms with van der Waals surface area (Å²) in [6.45, 7) is 0. The van der Waals surface area contributed by atoms with Crippen LogP contribution >= 0.6 is 11.6 Å². The topological polar surface area (TPSA) is 35.5 Å². The summed E-state index contributed by atoms with van der Waals surface area (Å²) in [6, 6.07) is 5.11. The predicted octanol–water partition coefficient (Wildman–Crippen LogP) is 3.04. The van der Waals surface area contributed by atoms with Crippen LogP contribution in [0.4, 0.5) is 13.2 Å². The fourth-order valence-electron chi connectivity index (χ4n) is 1.14. The number of halogens is 4. The molecule has 1 rings (SSSR count). The van der Waals surface area contributed by atoms with Crippen LogP contribution in [-0.2, 0) is 9.53 Å². The van der Waals surface area contributed by atoms with Crippen LogP contribution < -0.4 is 4.74 Å². The molecule has 1 aromatic carbocycles. The standard InChI is InChI=1S/C10H8ClF3O3/c1-16-9(15)8(11)6-4-2-3-5-7(6)17-10(12,13)14/h2-5,8H,1H3. The van der Waals surface area contributed by atoms with Crippen molar-refractivity contribution in [2.45, 2.75) is 11.7 Å². The highest BCUT2D eigenvalue weighted by molar-refractivity contribution is 6.30. The molecule has 0 aliphatic rings. The summed E-state index contributed by atoms with van der Waals surface area (Å²) in [7, 11) is 1.09. The van der Waals surface area contributed by atoms with Gasteiger partial charge in [-0.2, -0.15) is 0 Å². The largest absolute Gasteiger partial charge is 0.573 e. The quantitative estimate of drug-likeness (QED) is 0.624. The third-order valence-electron chi connectivity index (χ3n) is 1.83. The maximum atomic E-state index is 12.1. The number of para-hydroxylation sites is 1. The van der Waals surface area contributed by atoms with E-state index in [1.807, 2.05) is 0 Å². The number of benzene rings is 1. The van der Waals surface area contributed by atoms with E-state index in [1.165, 1.54) is 18.2 Å². The van der Waals surface area contributed by atoms with Crippen LogP contribution in [0.5, 0.6) is 5.75 Å². The van der Waals surface area contributed by atoms with Gasteiger partial charge in [0, 0.05) is 5.56 Å². The molecule has 1 atom stereocenters. The summed E-state index contributed by atoms with van der Waals surface area (Å²) in [6.07, 6.45) is -4.84. The highest BCUT2D eigenvalue weighted by atomic mass is 35.5. The fraction of sp³-hybridized carbons (Fsp3) is 0.300. The number of carbonyl (C=O) groups excluding carboxylic acids is 1. The number of ether oxygens (including phenoxy) is 2. The van der Waals surface area contributed by atoms with E-state index in [1.54, 1.807) is 0 Å². The SMILES string of the molecule is COC(=O)C(Cl)c1ccccc1OC(F)(F)F. The Labute approximate surface area is 100 Å². The maximum absolute atomic E-state index is 12.1. The van der Waals surface area contributed by atoms with Crippen LogP contribution in [0.25, 0.3) is 0 Å². The van der Waals surface area contributed by atoms with E-state index in [9.17, 15) is 18.0 Å². The van der Waals surface area contributed by atoms with Crippen LogP contribution in [0.1, 0.15) is 10.9 Å². The van der Waals surface area contributed by atoms with Gasteiger partial charge >= 0.3 is 12.3 Å². The zero-order valence-electron chi connectivity index (χ0n) is 8.62. The van der Waals surface area contributed by atoms with E-state index >= 15 is 0 Å². The molecule has 0 saturated heterocycles. The first kappa shape index (κ1) is 13.6. The molecule has 0 spiro atoms. The number of carbonyl (C=O) groups is 1. The van der Waals surface area contributed by atoms with Gasteiger partial charge < -0.3 is 9.47 Å². The first-order valence-electron chi connectivity index (χ1n) is 4.41. The molecule has 1 unspecified atom stereocenters. The summed E-state index contributed by atoms with van der Waals surface area (Å²) in [5.74, 6) is -1.38. The van der Waals surface area contributed by atoms with E-state index in [0.29, 0.717) is 0 Å². The second-order valence-corrected chi connectivity index (χ2v) is 3.41. The molecular weight excluding hydrogens is 261 g/mol. The van der Waals surface area contributed by atoms with Crippen molar-refractivity contribution in [1.82, 2.24) is 0 Å². The summed E-state index contributed by atoms with van der Waals surface area (Å²) >= 11 is 5.67. The molecule has 0 radical (unpaired) electrons. The Morgan fingerprint density at radius 2 is 1.94 bits per heavy atom. The molecule has 0 bridgehead atoms. The molecule has 0 aromatic heterocycles. The van der Waals surface area contributed by atoms with Gasteiger partial charge in [0.2, 0.25) is 0 Å². The Bertz CT molecular complexity index is 406. The van der Waals surface area contributed by atoms with Crippen molar-refractivity contribution in [3.63, 3.8) is 0 Å². The molecule has 3 nitrogen and oxygen atoms in total. The van der Waals surface area contributed by atoms with Gasteiger partial charge in [-0.25, -0.2) is 0 Å². The zero-order chi connectivity index (χ0) is 13.1. The van der Waals surface area contributed by atoms with Crippen molar-refractivity contribution in [3.8, 4) is 5.75 Å². The molecule has 0 heterocycles. The second-order valence-electron chi connectivity index (χ2n) is 2.97. The smallest absolute Gasteiger partial charge is 0.468 e. The molecule has 94 valence electrons. The van der Waals surface area contributed by atoms with Crippen molar-refractivity contribution >= 4 is 17.6 Å². The first-order chi connectivity index (χ1) is 7.85. The average molecular weight is 269 g/mol. The minimum atomic E-state index is -4.84. The Morgan fingerprint density at radius 3 is 2.47 bits per heavy atom. The lowest BCUT2D eigenvalue weighted by Crippen LogP contribution is -2.19. The molecule has 0 aliphatic heterocycles. The van der Waals surface area contributed by atoms with Gasteiger partial charge in [0.15, 0.2) is 5.38 Å². The number of esters is 1. The monoisotopic (exact) mass is 268 g/mol. The van der Waals surface area contributed by atoms with Gasteiger partial charge in [0.1, 0.15) is 5.75 Å². The maximum Gasteiger partial charge on any atom is 0.573 e. The molecule has 17 heavy (non-hydrogen) atoms. The minimum Gasteiger partial charge on any atom is -0.468 e. The Hall–Kier alpha value is -1.43. The molecule has 0 N–H and O–H groups in total. The van der Waals surface area contributed by atoms with E-state index in [2.05, 4.69) is 9.47 Å². The number of hydrogen-bond acceptors (Lipinski definition) is 3. The number of alkyl halides is 4. The van der Waals surface area contributed by atoms with Crippen LogP contribution in [0.3, 0.4) is 0 Å². The molecule has 7 heteroatoms. The molecule has 1 aromatic rings. The van der Waals surface area contributed by atoms with Crippen LogP contribution in [0.15, 0.2) is 24.3 Å². The van der Waals surface area contributed by atoms with E-state index in [-0.39, 0.29) is 5.56 Å². The third kappa shape index (κ3) is 3.81. The Balaban J connectivity index is 3.03. The van der Waals surface area contributed by atoms with Crippen molar-refractivity contribution in [2.24, 2.45) is 0 Å². The second kappa shape index (κ2) is 5.27. The van der Waals surface area contributed by atoms with Crippen LogP contribution in [0, 0.1) is 0 Å². The van der Waals surface area contributed by atoms with Gasteiger partial charge in [-0.15, -0.1) is 24.8 Å². The Kier molecular flexibility index (Phi) is 4.22. The molecular formula is C10H8ClF3O3. The number of rotatable bonds is 3. The normalized spacial score (nSPS) is 13.0. The average Bonchev–Trinajstić information content (AvgIpc) is 2.25. The van der Waals surface area contributed by atoms with E-state index in [4.69, 9.17) is 11.6 Å². The highest BCUT2D eigenvalue weighted by Gasteiger charge is 2.33. The highest BCUT2D eigenvalue weighted by Crippen LogP contribution is 2.33. The third-order valence-corrected chi connectivity index (χ3v) is 2.24. The van der Waals surface area contributed by atoms with E-state index in [0.717, 1.165) is 13.2 Å². The van der Waals surface area contributed by atoms with Crippen molar-refractivity contribution in [2.75, 3.05) is 7.11 Å². The summed E-state index contributed by atoms with van der Waals surface area (Å²) in [5, 5.41) is -1.35. The lowest BCUT2D eigenvalue weighted by Gasteiger charge is -2.15.